The summed E-state index contributed by atoms with van der Waals surface area (Å²) in [7, 11) is -2.69. The van der Waals surface area contributed by atoms with E-state index in [2.05, 4.69) is 53.1 Å². The molecule has 0 spiro atoms. The monoisotopic (exact) mass is 514 g/mol. The van der Waals surface area contributed by atoms with Gasteiger partial charge in [-0.15, -0.1) is 0 Å². The van der Waals surface area contributed by atoms with Crippen LogP contribution in [0.1, 0.15) is 142 Å². The van der Waals surface area contributed by atoms with E-state index in [0.717, 1.165) is 0 Å². The van der Waals surface area contributed by atoms with Gasteiger partial charge in [-0.25, -0.2) is 0 Å². The molecule has 4 heteroatoms. The van der Waals surface area contributed by atoms with Crippen LogP contribution in [0.5, 0.6) is 0 Å². The van der Waals surface area contributed by atoms with Crippen molar-refractivity contribution in [1.82, 2.24) is 0 Å². The molecule has 0 aromatic carbocycles. The molecule has 0 aliphatic carbocycles. The van der Waals surface area contributed by atoms with Gasteiger partial charge in [0.25, 0.3) is 0 Å². The summed E-state index contributed by atoms with van der Waals surface area (Å²) in [5, 5.41) is 0. The van der Waals surface area contributed by atoms with Crippen LogP contribution >= 0.6 is 0 Å². The first kappa shape index (κ1) is 34.4. The Morgan fingerprint density at radius 2 is 0.529 bits per heavy atom. The van der Waals surface area contributed by atoms with Crippen LogP contribution in [0, 0.1) is 0 Å². The number of rotatable bonds is 25. The van der Waals surface area contributed by atoms with Crippen LogP contribution in [-0.2, 0) is 8.85 Å². The van der Waals surface area contributed by atoms with E-state index in [-0.39, 0.29) is 0 Å². The van der Waals surface area contributed by atoms with Crippen LogP contribution in [0.15, 0.2) is 0 Å². The molecule has 34 heavy (non-hydrogen) atoms. The number of hydrogen-bond donors (Lipinski definition) is 0. The maximum atomic E-state index is 6.13. The molecular formula is C30H66O2Si2. The molecule has 0 N–H and O–H groups in total. The van der Waals surface area contributed by atoms with Crippen LogP contribution < -0.4 is 0 Å². The SMILES string of the molecule is CC(CCCCCCCCCCCCCCCCCCCCC(C)O[Si](C)(C)C)O[Si](C)(C)C. The zero-order chi connectivity index (χ0) is 25.7. The van der Waals surface area contributed by atoms with Crippen molar-refractivity contribution in [1.29, 1.82) is 0 Å². The van der Waals surface area contributed by atoms with Gasteiger partial charge in [0.2, 0.25) is 0 Å². The van der Waals surface area contributed by atoms with Crippen molar-refractivity contribution in [2.75, 3.05) is 0 Å². The molecule has 0 rings (SSSR count). The molecule has 0 fully saturated rings. The summed E-state index contributed by atoms with van der Waals surface area (Å²) < 4.78 is 12.3. The van der Waals surface area contributed by atoms with Crippen molar-refractivity contribution in [2.45, 2.75) is 194 Å². The van der Waals surface area contributed by atoms with E-state index >= 15 is 0 Å². The maximum Gasteiger partial charge on any atom is 0.184 e. The van der Waals surface area contributed by atoms with Crippen LogP contribution in [0.25, 0.3) is 0 Å². The van der Waals surface area contributed by atoms with Crippen molar-refractivity contribution in [3.05, 3.63) is 0 Å². The third kappa shape index (κ3) is 28.6. The van der Waals surface area contributed by atoms with E-state index in [0.29, 0.717) is 12.2 Å². The summed E-state index contributed by atoms with van der Waals surface area (Å²) >= 11 is 0. The highest BCUT2D eigenvalue weighted by atomic mass is 28.4. The third-order valence-corrected chi connectivity index (χ3v) is 8.80. The average molecular weight is 515 g/mol. The van der Waals surface area contributed by atoms with E-state index in [1.165, 1.54) is 128 Å². The van der Waals surface area contributed by atoms with Crippen LogP contribution in [-0.4, -0.2) is 28.8 Å². The van der Waals surface area contributed by atoms with Crippen LogP contribution in [0.3, 0.4) is 0 Å². The third-order valence-electron chi connectivity index (χ3n) is 6.58. The van der Waals surface area contributed by atoms with Gasteiger partial charge in [-0.05, 0) is 66.0 Å². The second-order valence-corrected chi connectivity index (χ2v) is 21.9. The maximum absolute atomic E-state index is 6.13. The highest BCUT2D eigenvalue weighted by Crippen LogP contribution is 2.17. The van der Waals surface area contributed by atoms with Crippen LogP contribution in [0.2, 0.25) is 39.3 Å². The summed E-state index contributed by atoms with van der Waals surface area (Å²) in [5.41, 5.74) is 0. The molecule has 2 atom stereocenters. The average Bonchev–Trinajstić information content (AvgIpc) is 2.69. The molecule has 0 saturated carbocycles. The van der Waals surface area contributed by atoms with Crippen molar-refractivity contribution in [2.24, 2.45) is 0 Å². The van der Waals surface area contributed by atoms with Gasteiger partial charge >= 0.3 is 0 Å². The van der Waals surface area contributed by atoms with E-state index < -0.39 is 16.6 Å². The van der Waals surface area contributed by atoms with E-state index in [9.17, 15) is 0 Å². The predicted octanol–water partition coefficient (Wildman–Crippen LogP) is 11.3. The van der Waals surface area contributed by atoms with E-state index in [1.54, 1.807) is 0 Å². The summed E-state index contributed by atoms with van der Waals surface area (Å²) in [5.74, 6) is 0. The lowest BCUT2D eigenvalue weighted by Gasteiger charge is -2.23. The quantitative estimate of drug-likeness (QED) is 0.0890. The predicted molar refractivity (Wildman–Crippen MR) is 160 cm³/mol. The fraction of sp³-hybridized carbons (Fsp3) is 1.00. The van der Waals surface area contributed by atoms with Gasteiger partial charge in [-0.1, -0.05) is 116 Å². The highest BCUT2D eigenvalue weighted by Gasteiger charge is 2.18. The zero-order valence-corrected chi connectivity index (χ0v) is 27.1. The Balaban J connectivity index is 3.19. The van der Waals surface area contributed by atoms with Crippen molar-refractivity contribution < 1.29 is 8.85 Å². The molecule has 0 heterocycles. The molecule has 0 aliphatic rings. The minimum absolute atomic E-state index is 0.464. The second-order valence-electron chi connectivity index (χ2n) is 13.0. The molecule has 0 aromatic heterocycles. The molecular weight excluding hydrogens is 449 g/mol. The van der Waals surface area contributed by atoms with Gasteiger partial charge in [0.15, 0.2) is 16.6 Å². The standard InChI is InChI=1S/C30H66O2Si2/c1-29(31-33(3,4)5)27-25-23-21-19-17-15-13-11-9-10-12-14-16-18-20-22-24-26-28-30(2)32-34(6,7)8/h29-30H,9-28H2,1-8H3. The fourth-order valence-corrected chi connectivity index (χ4v) is 7.67. The minimum atomic E-state index is -1.35. The lowest BCUT2D eigenvalue weighted by Crippen LogP contribution is -2.30. The van der Waals surface area contributed by atoms with Crippen molar-refractivity contribution in [3.8, 4) is 0 Å². The Kier molecular flexibility index (Phi) is 21.7. The minimum Gasteiger partial charge on any atom is -0.415 e. The van der Waals surface area contributed by atoms with Gasteiger partial charge in [0.1, 0.15) is 0 Å². The first-order valence-electron chi connectivity index (χ1n) is 15.4. The number of unbranched alkanes of at least 4 members (excludes halogenated alkanes) is 17. The molecule has 0 saturated heterocycles. The Bertz CT molecular complexity index is 389. The van der Waals surface area contributed by atoms with Gasteiger partial charge < -0.3 is 8.85 Å². The first-order valence-corrected chi connectivity index (χ1v) is 22.2. The molecule has 2 nitrogen and oxygen atoms in total. The Morgan fingerprint density at radius 3 is 0.706 bits per heavy atom. The summed E-state index contributed by atoms with van der Waals surface area (Å²) in [6, 6.07) is 0. The molecule has 0 amide bonds. The highest BCUT2D eigenvalue weighted by molar-refractivity contribution is 6.70. The van der Waals surface area contributed by atoms with Gasteiger partial charge in [0.05, 0.1) is 0 Å². The zero-order valence-electron chi connectivity index (χ0n) is 25.1. The van der Waals surface area contributed by atoms with E-state index in [1.807, 2.05) is 0 Å². The van der Waals surface area contributed by atoms with E-state index in [4.69, 9.17) is 8.85 Å². The first-order chi connectivity index (χ1) is 16.0. The molecule has 0 radical (unpaired) electrons. The van der Waals surface area contributed by atoms with Gasteiger partial charge in [0, 0.05) is 12.2 Å². The lowest BCUT2D eigenvalue weighted by atomic mass is 10.0. The molecule has 2 unspecified atom stereocenters. The smallest absolute Gasteiger partial charge is 0.184 e. The summed E-state index contributed by atoms with van der Waals surface area (Å²) in [4.78, 5) is 0. The van der Waals surface area contributed by atoms with Crippen molar-refractivity contribution in [3.63, 3.8) is 0 Å². The summed E-state index contributed by atoms with van der Waals surface area (Å²) in [6.07, 6.45) is 29.2. The topological polar surface area (TPSA) is 18.5 Å². The Labute approximate surface area is 219 Å². The second kappa shape index (κ2) is 21.4. The Morgan fingerprint density at radius 1 is 0.353 bits per heavy atom. The largest absolute Gasteiger partial charge is 0.415 e. The fourth-order valence-electron chi connectivity index (χ4n) is 5.02. The number of hydrogen-bond acceptors (Lipinski definition) is 2. The van der Waals surface area contributed by atoms with Gasteiger partial charge in [-0.3, -0.25) is 0 Å². The molecule has 0 aliphatic heterocycles. The normalized spacial score (nSPS) is 14.5. The molecule has 0 bridgehead atoms. The van der Waals surface area contributed by atoms with Crippen molar-refractivity contribution >= 4 is 16.6 Å². The lowest BCUT2D eigenvalue weighted by molar-refractivity contribution is 0.198. The van der Waals surface area contributed by atoms with Crippen LogP contribution in [0.4, 0.5) is 0 Å². The molecule has 0 aromatic rings. The Hall–Kier alpha value is 0.354. The summed E-state index contributed by atoms with van der Waals surface area (Å²) in [6.45, 7) is 18.3. The van der Waals surface area contributed by atoms with Gasteiger partial charge in [-0.2, -0.15) is 0 Å². The molecule has 206 valence electrons.